The summed E-state index contributed by atoms with van der Waals surface area (Å²) in [7, 11) is 0. The molecule has 1 aliphatic rings. The number of anilines is 1. The van der Waals surface area contributed by atoms with Crippen LogP contribution < -0.4 is 10.2 Å². The van der Waals surface area contributed by atoms with Crippen LogP contribution in [0.2, 0.25) is 0 Å². The molecule has 114 valence electrons. The van der Waals surface area contributed by atoms with Crippen molar-refractivity contribution in [1.29, 1.82) is 0 Å². The normalized spacial score (nSPS) is 20.2. The van der Waals surface area contributed by atoms with Gasteiger partial charge in [-0.2, -0.15) is 11.8 Å². The highest BCUT2D eigenvalue weighted by Gasteiger charge is 2.31. The molecule has 0 saturated carbocycles. The standard InChI is InChI=1S/C15H19FN2O2S/c1-10(21-2)14(19)17-13-7-4-8-18(15(13)20)12-6-3-5-11(16)9-12/h3,5-6,9-10,13H,4,7-8H2,1-2H3,(H,17,19)/t10-,13-/m1/s1. The third-order valence-electron chi connectivity index (χ3n) is 3.60. The van der Waals surface area contributed by atoms with Gasteiger partial charge in [0.1, 0.15) is 11.9 Å². The van der Waals surface area contributed by atoms with Crippen LogP contribution in [0, 0.1) is 5.82 Å². The van der Waals surface area contributed by atoms with Crippen LogP contribution in [0.5, 0.6) is 0 Å². The average molecular weight is 310 g/mol. The molecule has 1 aliphatic heterocycles. The molecule has 2 rings (SSSR count). The quantitative estimate of drug-likeness (QED) is 0.927. The molecular weight excluding hydrogens is 291 g/mol. The van der Waals surface area contributed by atoms with Gasteiger partial charge in [0.2, 0.25) is 11.8 Å². The minimum atomic E-state index is -0.524. The summed E-state index contributed by atoms with van der Waals surface area (Å²) in [5.41, 5.74) is 0.539. The first-order valence-corrected chi connectivity index (χ1v) is 8.22. The highest BCUT2D eigenvalue weighted by molar-refractivity contribution is 7.99. The number of carbonyl (C=O) groups excluding carboxylic acids is 2. The molecule has 0 aromatic heterocycles. The Bertz CT molecular complexity index is 538. The van der Waals surface area contributed by atoms with E-state index in [-0.39, 0.29) is 22.9 Å². The number of carbonyl (C=O) groups is 2. The average Bonchev–Trinajstić information content (AvgIpc) is 2.48. The zero-order valence-corrected chi connectivity index (χ0v) is 13.0. The first kappa shape index (κ1) is 15.8. The Balaban J connectivity index is 2.09. The van der Waals surface area contributed by atoms with Gasteiger partial charge in [0.25, 0.3) is 0 Å². The van der Waals surface area contributed by atoms with Gasteiger partial charge >= 0.3 is 0 Å². The number of hydrogen-bond donors (Lipinski definition) is 1. The van der Waals surface area contributed by atoms with Crippen LogP contribution >= 0.6 is 11.8 Å². The SMILES string of the molecule is CS[C@H](C)C(=O)N[C@@H]1CCCN(c2cccc(F)c2)C1=O. The molecule has 6 heteroatoms. The molecule has 0 bridgehead atoms. The van der Waals surface area contributed by atoms with E-state index < -0.39 is 6.04 Å². The molecule has 0 spiro atoms. The second-order valence-electron chi connectivity index (χ2n) is 5.05. The van der Waals surface area contributed by atoms with Crippen LogP contribution in [0.1, 0.15) is 19.8 Å². The van der Waals surface area contributed by atoms with Crippen LogP contribution in [0.15, 0.2) is 24.3 Å². The number of hydrogen-bond acceptors (Lipinski definition) is 3. The van der Waals surface area contributed by atoms with Crippen LogP contribution in [0.25, 0.3) is 0 Å². The second kappa shape index (κ2) is 6.93. The van der Waals surface area contributed by atoms with Gasteiger partial charge in [-0.1, -0.05) is 6.07 Å². The summed E-state index contributed by atoms with van der Waals surface area (Å²) >= 11 is 1.44. The molecule has 4 nitrogen and oxygen atoms in total. The largest absolute Gasteiger partial charge is 0.343 e. The Morgan fingerprint density at radius 1 is 1.52 bits per heavy atom. The molecule has 1 N–H and O–H groups in total. The fourth-order valence-electron chi connectivity index (χ4n) is 2.31. The first-order valence-electron chi connectivity index (χ1n) is 6.93. The van der Waals surface area contributed by atoms with E-state index in [9.17, 15) is 14.0 Å². The molecule has 0 aliphatic carbocycles. The Labute approximate surface area is 128 Å². The fourth-order valence-corrected chi connectivity index (χ4v) is 2.59. The molecule has 0 unspecified atom stereocenters. The van der Waals surface area contributed by atoms with Gasteiger partial charge in [-0.15, -0.1) is 0 Å². The van der Waals surface area contributed by atoms with E-state index in [2.05, 4.69) is 5.32 Å². The summed E-state index contributed by atoms with van der Waals surface area (Å²) in [6, 6.07) is 5.44. The third-order valence-corrected chi connectivity index (χ3v) is 4.52. The maximum atomic E-state index is 13.3. The molecule has 1 aromatic carbocycles. The second-order valence-corrected chi connectivity index (χ2v) is 6.23. The lowest BCUT2D eigenvalue weighted by Gasteiger charge is -2.33. The minimum absolute atomic E-state index is 0.137. The number of nitrogens with one attached hydrogen (secondary N) is 1. The Hall–Kier alpha value is -1.56. The highest BCUT2D eigenvalue weighted by atomic mass is 32.2. The third kappa shape index (κ3) is 3.75. The van der Waals surface area contributed by atoms with Gasteiger partial charge in [0, 0.05) is 12.2 Å². The predicted octanol–water partition coefficient (Wildman–Crippen LogP) is 2.19. The number of piperidine rings is 1. The molecular formula is C15H19FN2O2S. The van der Waals surface area contributed by atoms with Crippen molar-refractivity contribution in [3.05, 3.63) is 30.1 Å². The monoisotopic (exact) mass is 310 g/mol. The van der Waals surface area contributed by atoms with Gasteiger partial charge in [-0.3, -0.25) is 9.59 Å². The molecule has 2 atom stereocenters. The summed E-state index contributed by atoms with van der Waals surface area (Å²) in [5.74, 6) is -0.682. The first-order chi connectivity index (χ1) is 10.0. The zero-order chi connectivity index (χ0) is 15.4. The van der Waals surface area contributed by atoms with Crippen molar-refractivity contribution in [2.45, 2.75) is 31.1 Å². The number of rotatable bonds is 4. The van der Waals surface area contributed by atoms with Gasteiger partial charge in [-0.05, 0) is 44.2 Å². The summed E-state index contributed by atoms with van der Waals surface area (Å²) < 4.78 is 13.3. The van der Waals surface area contributed by atoms with Crippen molar-refractivity contribution < 1.29 is 14.0 Å². The molecule has 21 heavy (non-hydrogen) atoms. The van der Waals surface area contributed by atoms with E-state index in [0.29, 0.717) is 18.7 Å². The lowest BCUT2D eigenvalue weighted by atomic mass is 10.0. The Morgan fingerprint density at radius 3 is 2.95 bits per heavy atom. The van der Waals surface area contributed by atoms with Crippen molar-refractivity contribution >= 4 is 29.3 Å². The number of halogens is 1. The van der Waals surface area contributed by atoms with Gasteiger partial charge in [-0.25, -0.2) is 4.39 Å². The van der Waals surface area contributed by atoms with Gasteiger partial charge in [0.05, 0.1) is 5.25 Å². The van der Waals surface area contributed by atoms with Crippen molar-refractivity contribution in [3.8, 4) is 0 Å². The van der Waals surface area contributed by atoms with Gasteiger partial charge in [0.15, 0.2) is 0 Å². The van der Waals surface area contributed by atoms with Crippen LogP contribution in [-0.4, -0.2) is 35.9 Å². The summed E-state index contributed by atoms with van der Waals surface area (Å²) in [6.07, 6.45) is 3.25. The van der Waals surface area contributed by atoms with E-state index >= 15 is 0 Å². The van der Waals surface area contributed by atoms with Crippen molar-refractivity contribution in [1.82, 2.24) is 5.32 Å². The lowest BCUT2D eigenvalue weighted by Crippen LogP contribution is -2.53. The molecule has 1 fully saturated rings. The van der Waals surface area contributed by atoms with Gasteiger partial charge < -0.3 is 10.2 Å². The predicted molar refractivity (Wildman–Crippen MR) is 82.9 cm³/mol. The maximum Gasteiger partial charge on any atom is 0.249 e. The van der Waals surface area contributed by atoms with E-state index in [0.717, 1.165) is 6.42 Å². The topological polar surface area (TPSA) is 49.4 Å². The summed E-state index contributed by atoms with van der Waals surface area (Å²) in [6.45, 7) is 2.35. The van der Waals surface area contributed by atoms with Crippen LogP contribution in [0.4, 0.5) is 10.1 Å². The molecule has 2 amide bonds. The minimum Gasteiger partial charge on any atom is -0.343 e. The molecule has 0 radical (unpaired) electrons. The number of amides is 2. The van der Waals surface area contributed by atoms with Crippen molar-refractivity contribution in [2.24, 2.45) is 0 Å². The highest BCUT2D eigenvalue weighted by Crippen LogP contribution is 2.22. The number of benzene rings is 1. The Morgan fingerprint density at radius 2 is 2.29 bits per heavy atom. The smallest absolute Gasteiger partial charge is 0.249 e. The molecule has 1 heterocycles. The number of thioether (sulfide) groups is 1. The maximum absolute atomic E-state index is 13.3. The number of nitrogens with zero attached hydrogens (tertiary/aromatic N) is 1. The zero-order valence-electron chi connectivity index (χ0n) is 12.1. The summed E-state index contributed by atoms with van der Waals surface area (Å²) in [5, 5.41) is 2.60. The van der Waals surface area contributed by atoms with Crippen molar-refractivity contribution in [3.63, 3.8) is 0 Å². The van der Waals surface area contributed by atoms with E-state index in [1.54, 1.807) is 24.0 Å². The Kier molecular flexibility index (Phi) is 5.22. The van der Waals surface area contributed by atoms with E-state index in [1.165, 1.54) is 23.9 Å². The van der Waals surface area contributed by atoms with Crippen LogP contribution in [0.3, 0.4) is 0 Å². The van der Waals surface area contributed by atoms with E-state index in [4.69, 9.17) is 0 Å². The summed E-state index contributed by atoms with van der Waals surface area (Å²) in [4.78, 5) is 25.9. The molecule has 1 aromatic rings. The van der Waals surface area contributed by atoms with Crippen molar-refractivity contribution in [2.75, 3.05) is 17.7 Å². The van der Waals surface area contributed by atoms with E-state index in [1.807, 2.05) is 6.26 Å². The molecule has 1 saturated heterocycles. The van der Waals surface area contributed by atoms with Crippen LogP contribution in [-0.2, 0) is 9.59 Å². The lowest BCUT2D eigenvalue weighted by molar-refractivity contribution is -0.128. The fraction of sp³-hybridized carbons (Fsp3) is 0.467.